The number of hydrogen-bond donors (Lipinski definition) is 0. The first-order valence-electron chi connectivity index (χ1n) is 14.5. The van der Waals surface area contributed by atoms with E-state index in [0.717, 1.165) is 49.0 Å². The van der Waals surface area contributed by atoms with Gasteiger partial charge in [-0.1, -0.05) is 25.8 Å². The summed E-state index contributed by atoms with van der Waals surface area (Å²) in [5.74, 6) is 1.15. The van der Waals surface area contributed by atoms with Gasteiger partial charge in [0.05, 0.1) is 43.4 Å². The molecule has 1 saturated heterocycles. The number of nitrogens with zero attached hydrogens (tertiary/aromatic N) is 2. The molecule has 40 heavy (non-hydrogen) atoms. The first-order chi connectivity index (χ1) is 19.4. The minimum Gasteiger partial charge on any atom is -0.490 e. The molecule has 0 saturated carbocycles. The van der Waals surface area contributed by atoms with E-state index in [1.54, 1.807) is 4.90 Å². The number of amides is 1. The SMILES string of the molecule is CCCCCOc1ccc(C2c3c(oc4cc(C)c(C)cc4c3=O)C(=O)N2CCN2CCOCC2)cc1OCC. The predicted octanol–water partition coefficient (Wildman–Crippen LogP) is 5.25. The monoisotopic (exact) mass is 548 g/mol. The Balaban J connectivity index is 1.57. The van der Waals surface area contributed by atoms with Gasteiger partial charge in [-0.15, -0.1) is 0 Å². The lowest BCUT2D eigenvalue weighted by molar-refractivity contribution is 0.0314. The number of hydrogen-bond acceptors (Lipinski definition) is 7. The van der Waals surface area contributed by atoms with Gasteiger partial charge < -0.3 is 23.5 Å². The Bertz CT molecular complexity index is 1430. The number of morpholine rings is 1. The number of aryl methyl sites for hydroxylation is 2. The molecule has 8 nitrogen and oxygen atoms in total. The highest BCUT2D eigenvalue weighted by molar-refractivity contribution is 5.99. The van der Waals surface area contributed by atoms with Gasteiger partial charge >= 0.3 is 0 Å². The first kappa shape index (κ1) is 28.2. The quantitative estimate of drug-likeness (QED) is 0.303. The molecular formula is C32H40N2O6. The van der Waals surface area contributed by atoms with Crippen LogP contribution in [0.3, 0.4) is 0 Å². The summed E-state index contributed by atoms with van der Waals surface area (Å²) >= 11 is 0. The smallest absolute Gasteiger partial charge is 0.290 e. The van der Waals surface area contributed by atoms with Crippen molar-refractivity contribution in [2.75, 3.05) is 52.6 Å². The fourth-order valence-corrected chi connectivity index (χ4v) is 5.54. The summed E-state index contributed by atoms with van der Waals surface area (Å²) in [6.07, 6.45) is 3.19. The van der Waals surface area contributed by atoms with Gasteiger partial charge in [-0.3, -0.25) is 14.5 Å². The zero-order valence-electron chi connectivity index (χ0n) is 24.1. The molecule has 2 aliphatic rings. The molecule has 0 bridgehead atoms. The Hall–Kier alpha value is -3.36. The third-order valence-corrected chi connectivity index (χ3v) is 7.93. The topological polar surface area (TPSA) is 81.5 Å². The van der Waals surface area contributed by atoms with E-state index < -0.39 is 6.04 Å². The van der Waals surface area contributed by atoms with E-state index >= 15 is 0 Å². The van der Waals surface area contributed by atoms with Crippen LogP contribution in [-0.2, 0) is 4.74 Å². The molecule has 1 fully saturated rings. The Morgan fingerprint density at radius 3 is 2.45 bits per heavy atom. The van der Waals surface area contributed by atoms with E-state index in [0.29, 0.717) is 67.5 Å². The summed E-state index contributed by atoms with van der Waals surface area (Å²) in [5.41, 5.74) is 3.49. The first-order valence-corrected chi connectivity index (χ1v) is 14.5. The van der Waals surface area contributed by atoms with Crippen LogP contribution >= 0.6 is 0 Å². The summed E-state index contributed by atoms with van der Waals surface area (Å²) < 4.78 is 23.7. The number of ether oxygens (including phenoxy) is 3. The molecule has 1 amide bonds. The van der Waals surface area contributed by atoms with E-state index in [1.165, 1.54) is 0 Å². The highest BCUT2D eigenvalue weighted by Gasteiger charge is 2.43. The van der Waals surface area contributed by atoms with Crippen LogP contribution in [0.4, 0.5) is 0 Å². The molecule has 2 aliphatic heterocycles. The van der Waals surface area contributed by atoms with Gasteiger partial charge in [0.1, 0.15) is 5.58 Å². The highest BCUT2D eigenvalue weighted by Crippen LogP contribution is 2.41. The molecular weight excluding hydrogens is 508 g/mol. The predicted molar refractivity (Wildman–Crippen MR) is 155 cm³/mol. The zero-order chi connectivity index (χ0) is 28.2. The van der Waals surface area contributed by atoms with E-state index in [-0.39, 0.29) is 17.1 Å². The van der Waals surface area contributed by atoms with E-state index in [4.69, 9.17) is 18.6 Å². The standard InChI is InChI=1S/C32H40N2O6/c1-5-7-8-15-39-25-10-9-23(20-27(25)38-6-2)29-28-30(35)24-18-21(3)22(4)19-26(24)40-31(28)32(36)34(29)12-11-33-13-16-37-17-14-33/h9-10,18-20,29H,5-8,11-17H2,1-4H3. The second-order valence-electron chi connectivity index (χ2n) is 10.7. The van der Waals surface area contributed by atoms with Crippen molar-refractivity contribution in [2.24, 2.45) is 0 Å². The molecule has 2 aromatic carbocycles. The minimum absolute atomic E-state index is 0.130. The second-order valence-corrected chi connectivity index (χ2v) is 10.7. The molecule has 0 N–H and O–H groups in total. The lowest BCUT2D eigenvalue weighted by atomic mass is 9.97. The lowest BCUT2D eigenvalue weighted by Crippen LogP contribution is -2.42. The van der Waals surface area contributed by atoms with Crippen LogP contribution in [-0.4, -0.2) is 68.3 Å². The van der Waals surface area contributed by atoms with E-state index in [2.05, 4.69) is 11.8 Å². The number of carbonyl (C=O) groups excluding carboxylic acids is 1. The molecule has 214 valence electrons. The normalized spacial score (nSPS) is 17.4. The largest absolute Gasteiger partial charge is 0.490 e. The van der Waals surface area contributed by atoms with Gasteiger partial charge in [0.15, 0.2) is 16.9 Å². The van der Waals surface area contributed by atoms with Crippen LogP contribution in [0.1, 0.15) is 72.0 Å². The summed E-state index contributed by atoms with van der Waals surface area (Å²) in [7, 11) is 0. The van der Waals surface area contributed by atoms with Crippen molar-refractivity contribution >= 4 is 16.9 Å². The van der Waals surface area contributed by atoms with Crippen LogP contribution in [0.2, 0.25) is 0 Å². The van der Waals surface area contributed by atoms with Crippen molar-refractivity contribution < 1.29 is 23.4 Å². The Morgan fingerprint density at radius 1 is 0.925 bits per heavy atom. The minimum atomic E-state index is -0.584. The molecule has 1 atom stereocenters. The van der Waals surface area contributed by atoms with Crippen LogP contribution in [0, 0.1) is 13.8 Å². The van der Waals surface area contributed by atoms with Crippen molar-refractivity contribution in [1.82, 2.24) is 9.80 Å². The average molecular weight is 549 g/mol. The summed E-state index contributed by atoms with van der Waals surface area (Å²) in [5, 5.41) is 0.496. The van der Waals surface area contributed by atoms with Crippen molar-refractivity contribution in [2.45, 2.75) is 53.0 Å². The molecule has 0 radical (unpaired) electrons. The number of fused-ring (bicyclic) bond motifs is 2. The van der Waals surface area contributed by atoms with Crippen LogP contribution in [0.25, 0.3) is 11.0 Å². The molecule has 5 rings (SSSR count). The van der Waals surface area contributed by atoms with Gasteiger partial charge in [0.25, 0.3) is 5.91 Å². The Morgan fingerprint density at radius 2 is 1.70 bits per heavy atom. The van der Waals surface area contributed by atoms with Crippen molar-refractivity contribution in [3.8, 4) is 11.5 Å². The van der Waals surface area contributed by atoms with Crippen LogP contribution < -0.4 is 14.9 Å². The molecule has 0 aliphatic carbocycles. The summed E-state index contributed by atoms with van der Waals surface area (Å²) in [6, 6.07) is 8.88. The van der Waals surface area contributed by atoms with Crippen molar-refractivity contribution in [3.05, 3.63) is 68.6 Å². The van der Waals surface area contributed by atoms with Gasteiger partial charge in [-0.2, -0.15) is 0 Å². The maximum atomic E-state index is 14.0. The molecule has 8 heteroatoms. The van der Waals surface area contributed by atoms with Gasteiger partial charge in [-0.25, -0.2) is 0 Å². The molecule has 1 unspecified atom stereocenters. The van der Waals surface area contributed by atoms with Crippen LogP contribution in [0.5, 0.6) is 11.5 Å². The van der Waals surface area contributed by atoms with E-state index in [1.807, 2.05) is 51.1 Å². The number of carbonyl (C=O) groups is 1. The Kier molecular flexibility index (Phi) is 8.76. The third-order valence-electron chi connectivity index (χ3n) is 7.93. The van der Waals surface area contributed by atoms with Crippen molar-refractivity contribution in [3.63, 3.8) is 0 Å². The average Bonchev–Trinajstić information content (AvgIpc) is 3.24. The number of unbranched alkanes of at least 4 members (excludes halogenated alkanes) is 2. The third kappa shape index (κ3) is 5.60. The van der Waals surface area contributed by atoms with Crippen molar-refractivity contribution in [1.29, 1.82) is 0 Å². The van der Waals surface area contributed by atoms with Gasteiger partial charge in [0, 0.05) is 26.2 Å². The highest BCUT2D eigenvalue weighted by atomic mass is 16.5. The second kappa shape index (κ2) is 12.4. The van der Waals surface area contributed by atoms with E-state index in [9.17, 15) is 9.59 Å². The summed E-state index contributed by atoms with van der Waals surface area (Å²) in [4.78, 5) is 32.0. The van der Waals surface area contributed by atoms with Gasteiger partial charge in [-0.05, 0) is 68.1 Å². The van der Waals surface area contributed by atoms with Crippen LogP contribution in [0.15, 0.2) is 39.5 Å². The maximum Gasteiger partial charge on any atom is 0.290 e. The molecule has 3 aromatic rings. The maximum absolute atomic E-state index is 14.0. The number of rotatable bonds is 11. The Labute approximate surface area is 235 Å². The molecule has 1 aromatic heterocycles. The fraction of sp³-hybridized carbons (Fsp3) is 0.500. The molecule has 3 heterocycles. The van der Waals surface area contributed by atoms with Gasteiger partial charge in [0.2, 0.25) is 5.76 Å². The lowest BCUT2D eigenvalue weighted by Gasteiger charge is -2.31. The molecule has 0 spiro atoms. The number of benzene rings is 2. The summed E-state index contributed by atoms with van der Waals surface area (Å²) in [6.45, 7) is 13.3. The zero-order valence-corrected chi connectivity index (χ0v) is 24.1. The fourth-order valence-electron chi connectivity index (χ4n) is 5.54.